The molecule has 0 radical (unpaired) electrons. The summed E-state index contributed by atoms with van der Waals surface area (Å²) < 4.78 is 2.05. The number of carbonyl (C=O) groups is 2. The summed E-state index contributed by atoms with van der Waals surface area (Å²) in [5.74, 6) is -0.182. The molecule has 3 aromatic rings. The van der Waals surface area contributed by atoms with E-state index in [1.54, 1.807) is 18.2 Å². The molecule has 6 nitrogen and oxygen atoms in total. The second-order valence-corrected chi connectivity index (χ2v) is 6.90. The first kappa shape index (κ1) is 17.3. The van der Waals surface area contributed by atoms with Crippen LogP contribution in [-0.4, -0.2) is 38.0 Å². The van der Waals surface area contributed by atoms with Gasteiger partial charge in [-0.2, -0.15) is 0 Å². The predicted molar refractivity (Wildman–Crippen MR) is 102 cm³/mol. The van der Waals surface area contributed by atoms with Crippen LogP contribution >= 0.6 is 0 Å². The van der Waals surface area contributed by atoms with E-state index in [0.717, 1.165) is 29.7 Å². The van der Waals surface area contributed by atoms with Gasteiger partial charge in [-0.3, -0.25) is 4.79 Å². The maximum Gasteiger partial charge on any atom is 0.335 e. The number of carboxylic acids is 1. The molecule has 1 aliphatic rings. The first-order valence-electron chi connectivity index (χ1n) is 9.08. The molecule has 0 bridgehead atoms. The molecule has 1 amide bonds. The number of aromatic nitrogens is 2. The van der Waals surface area contributed by atoms with E-state index in [2.05, 4.69) is 4.57 Å². The van der Waals surface area contributed by atoms with Crippen molar-refractivity contribution < 1.29 is 14.7 Å². The van der Waals surface area contributed by atoms with E-state index in [0.29, 0.717) is 12.1 Å². The van der Waals surface area contributed by atoms with Crippen LogP contribution in [-0.2, 0) is 18.3 Å². The number of hydrogen-bond acceptors (Lipinski definition) is 3. The number of carbonyl (C=O) groups excluding carboxylic acids is 1. The zero-order valence-electron chi connectivity index (χ0n) is 15.1. The summed E-state index contributed by atoms with van der Waals surface area (Å²) in [7, 11) is 1.98. The highest BCUT2D eigenvalue weighted by Gasteiger charge is 2.33. The maximum absolute atomic E-state index is 13.0. The van der Waals surface area contributed by atoms with Crippen LogP contribution in [0, 0.1) is 0 Å². The van der Waals surface area contributed by atoms with Crippen molar-refractivity contribution in [2.45, 2.75) is 25.3 Å². The lowest BCUT2D eigenvalue weighted by molar-refractivity contribution is -0.131. The number of benzene rings is 2. The summed E-state index contributed by atoms with van der Waals surface area (Å²) in [5.41, 5.74) is 2.70. The molecule has 1 atom stereocenters. The van der Waals surface area contributed by atoms with Crippen LogP contribution < -0.4 is 0 Å². The minimum absolute atomic E-state index is 0.0572. The van der Waals surface area contributed by atoms with E-state index < -0.39 is 5.97 Å². The van der Waals surface area contributed by atoms with Gasteiger partial charge in [-0.15, -0.1) is 0 Å². The molecule has 1 unspecified atom stereocenters. The number of imidazole rings is 1. The van der Waals surface area contributed by atoms with Crippen molar-refractivity contribution in [3.05, 3.63) is 65.5 Å². The molecule has 2 heterocycles. The first-order chi connectivity index (χ1) is 13.1. The molecule has 27 heavy (non-hydrogen) atoms. The van der Waals surface area contributed by atoms with Gasteiger partial charge in [-0.25, -0.2) is 9.78 Å². The fourth-order valence-electron chi connectivity index (χ4n) is 3.94. The van der Waals surface area contributed by atoms with Crippen molar-refractivity contribution in [2.75, 3.05) is 6.54 Å². The van der Waals surface area contributed by atoms with Crippen molar-refractivity contribution in [3.8, 4) is 0 Å². The molecule has 1 aliphatic heterocycles. The van der Waals surface area contributed by atoms with Gasteiger partial charge in [0.1, 0.15) is 5.82 Å². The van der Waals surface area contributed by atoms with E-state index in [1.807, 2.05) is 36.2 Å². The van der Waals surface area contributed by atoms with Gasteiger partial charge in [-0.1, -0.05) is 30.3 Å². The predicted octanol–water partition coefficient (Wildman–Crippen LogP) is 3.18. The van der Waals surface area contributed by atoms with Crippen LogP contribution in [0.3, 0.4) is 0 Å². The Labute approximate surface area is 157 Å². The standard InChI is InChI=1S/C21H21N3O3/c1-23-17-10-5-4-9-16(17)22-20(23)18-11-6-12-24(18)19(25)13-14-7-2-3-8-15(14)21(26)27/h2-5,7-10,18H,6,11-13H2,1H3,(H,26,27). The van der Waals surface area contributed by atoms with Gasteiger partial charge in [0, 0.05) is 13.6 Å². The van der Waals surface area contributed by atoms with Crippen LogP contribution in [0.4, 0.5) is 0 Å². The number of fused-ring (bicyclic) bond motifs is 1. The van der Waals surface area contributed by atoms with E-state index in [1.165, 1.54) is 6.07 Å². The number of rotatable bonds is 4. The normalized spacial score (nSPS) is 16.8. The van der Waals surface area contributed by atoms with Crippen LogP contribution in [0.5, 0.6) is 0 Å². The molecule has 4 rings (SSSR count). The lowest BCUT2D eigenvalue weighted by Gasteiger charge is -2.24. The highest BCUT2D eigenvalue weighted by Crippen LogP contribution is 2.33. The minimum Gasteiger partial charge on any atom is -0.478 e. The van der Waals surface area contributed by atoms with Crippen molar-refractivity contribution in [2.24, 2.45) is 7.05 Å². The van der Waals surface area contributed by atoms with Crippen molar-refractivity contribution in [1.29, 1.82) is 0 Å². The summed E-state index contributed by atoms with van der Waals surface area (Å²) in [5, 5.41) is 9.35. The van der Waals surface area contributed by atoms with Crippen LogP contribution in [0.15, 0.2) is 48.5 Å². The van der Waals surface area contributed by atoms with Crippen molar-refractivity contribution >= 4 is 22.9 Å². The third-order valence-electron chi connectivity index (χ3n) is 5.28. The maximum atomic E-state index is 13.0. The third-order valence-corrected chi connectivity index (χ3v) is 5.28. The van der Waals surface area contributed by atoms with Gasteiger partial charge >= 0.3 is 5.97 Å². The topological polar surface area (TPSA) is 75.4 Å². The first-order valence-corrected chi connectivity index (χ1v) is 9.08. The molecule has 6 heteroatoms. The Morgan fingerprint density at radius 3 is 2.67 bits per heavy atom. The molecular weight excluding hydrogens is 342 g/mol. The Morgan fingerprint density at radius 2 is 1.89 bits per heavy atom. The molecule has 1 fully saturated rings. The SMILES string of the molecule is Cn1c(C2CCCN2C(=O)Cc2ccccc2C(=O)O)nc2ccccc21. The van der Waals surface area contributed by atoms with Gasteiger partial charge in [0.25, 0.3) is 0 Å². The van der Waals surface area contributed by atoms with Gasteiger partial charge in [-0.05, 0) is 36.6 Å². The minimum atomic E-state index is -1.01. The molecule has 1 saturated heterocycles. The second-order valence-electron chi connectivity index (χ2n) is 6.90. The molecule has 1 aromatic heterocycles. The summed E-state index contributed by atoms with van der Waals surface area (Å²) in [6.45, 7) is 0.669. The van der Waals surface area contributed by atoms with Crippen LogP contribution in [0.1, 0.15) is 40.6 Å². The Kier molecular flexibility index (Phi) is 4.39. The monoisotopic (exact) mass is 363 g/mol. The summed E-state index contributed by atoms with van der Waals surface area (Å²) in [6.07, 6.45) is 1.87. The summed E-state index contributed by atoms with van der Waals surface area (Å²) >= 11 is 0. The molecule has 1 N–H and O–H groups in total. The number of carboxylic acid groups (broad SMARTS) is 1. The third kappa shape index (κ3) is 3.07. The molecule has 0 spiro atoms. The Morgan fingerprint density at radius 1 is 1.15 bits per heavy atom. The van der Waals surface area contributed by atoms with E-state index in [4.69, 9.17) is 4.98 Å². The van der Waals surface area contributed by atoms with Crippen molar-refractivity contribution in [1.82, 2.24) is 14.5 Å². The summed E-state index contributed by atoms with van der Waals surface area (Å²) in [6, 6.07) is 14.6. The Balaban J connectivity index is 1.62. The van der Waals surface area contributed by atoms with E-state index in [9.17, 15) is 14.7 Å². The largest absolute Gasteiger partial charge is 0.478 e. The lowest BCUT2D eigenvalue weighted by atomic mass is 10.0. The smallest absolute Gasteiger partial charge is 0.335 e. The Bertz CT molecular complexity index is 1020. The van der Waals surface area contributed by atoms with Crippen LogP contribution in [0.2, 0.25) is 0 Å². The zero-order valence-corrected chi connectivity index (χ0v) is 15.1. The Hall–Kier alpha value is -3.15. The molecule has 0 aliphatic carbocycles. The summed E-state index contributed by atoms with van der Waals surface area (Å²) in [4.78, 5) is 31.0. The number of nitrogens with zero attached hydrogens (tertiary/aromatic N) is 3. The molecule has 0 saturated carbocycles. The zero-order chi connectivity index (χ0) is 19.0. The van der Waals surface area contributed by atoms with E-state index in [-0.39, 0.29) is 23.9 Å². The quantitative estimate of drug-likeness (QED) is 0.772. The fourth-order valence-corrected chi connectivity index (χ4v) is 3.94. The number of hydrogen-bond donors (Lipinski definition) is 1. The number of aromatic carboxylic acids is 1. The number of likely N-dealkylation sites (tertiary alicyclic amines) is 1. The molecule has 138 valence electrons. The lowest BCUT2D eigenvalue weighted by Crippen LogP contribution is -2.33. The van der Waals surface area contributed by atoms with Gasteiger partial charge in [0.2, 0.25) is 5.91 Å². The fraction of sp³-hybridized carbons (Fsp3) is 0.286. The number of amides is 1. The highest BCUT2D eigenvalue weighted by molar-refractivity contribution is 5.91. The van der Waals surface area contributed by atoms with E-state index >= 15 is 0 Å². The molecule has 2 aromatic carbocycles. The second kappa shape index (κ2) is 6.87. The van der Waals surface area contributed by atoms with Crippen LogP contribution in [0.25, 0.3) is 11.0 Å². The average molecular weight is 363 g/mol. The number of aryl methyl sites for hydroxylation is 1. The van der Waals surface area contributed by atoms with Crippen molar-refractivity contribution in [3.63, 3.8) is 0 Å². The van der Waals surface area contributed by atoms with Gasteiger partial charge in [0.15, 0.2) is 0 Å². The van der Waals surface area contributed by atoms with Gasteiger partial charge < -0.3 is 14.6 Å². The van der Waals surface area contributed by atoms with Gasteiger partial charge in [0.05, 0.1) is 29.1 Å². The average Bonchev–Trinajstić information content (AvgIpc) is 3.27. The molecular formula is C21H21N3O3. The number of para-hydroxylation sites is 2. The highest BCUT2D eigenvalue weighted by atomic mass is 16.4.